The van der Waals surface area contributed by atoms with Crippen molar-refractivity contribution in [3.05, 3.63) is 64.5 Å². The van der Waals surface area contributed by atoms with Gasteiger partial charge in [0.15, 0.2) is 0 Å². The van der Waals surface area contributed by atoms with Crippen LogP contribution in [0.4, 0.5) is 0 Å². The highest BCUT2D eigenvalue weighted by Crippen LogP contribution is 2.40. The lowest BCUT2D eigenvalue weighted by molar-refractivity contribution is 0.447. The van der Waals surface area contributed by atoms with Crippen molar-refractivity contribution in [2.75, 3.05) is 6.54 Å². The minimum atomic E-state index is 0.366. The van der Waals surface area contributed by atoms with E-state index in [1.54, 1.807) is 0 Å². The third kappa shape index (κ3) is 2.86. The molecule has 0 radical (unpaired) electrons. The number of rotatable bonds is 4. The molecule has 1 aliphatic carbocycles. The maximum atomic E-state index is 4.67. The maximum absolute atomic E-state index is 4.67. The SMILES string of the molecule is CCNC(c1cc(C)cc(C)c1)C1CCc2cccnc21. The Labute approximate surface area is 127 Å². The van der Waals surface area contributed by atoms with Crippen molar-refractivity contribution >= 4 is 0 Å². The summed E-state index contributed by atoms with van der Waals surface area (Å²) in [6.45, 7) is 7.53. The molecule has 0 fully saturated rings. The Hall–Kier alpha value is -1.67. The van der Waals surface area contributed by atoms with Crippen LogP contribution in [0.3, 0.4) is 0 Å². The molecule has 2 unspecified atom stereocenters. The van der Waals surface area contributed by atoms with Crippen LogP contribution in [0.1, 0.15) is 53.3 Å². The number of hydrogen-bond donors (Lipinski definition) is 1. The molecule has 1 aromatic heterocycles. The molecule has 0 saturated carbocycles. The Morgan fingerprint density at radius 1 is 1.24 bits per heavy atom. The van der Waals surface area contributed by atoms with E-state index in [0.717, 1.165) is 13.0 Å². The Morgan fingerprint density at radius 2 is 2.00 bits per heavy atom. The molecule has 2 heteroatoms. The van der Waals surface area contributed by atoms with Gasteiger partial charge >= 0.3 is 0 Å². The standard InChI is InChI=1S/C19H24N2/c1-4-20-19(16-11-13(2)10-14(3)12-16)17-8-7-15-6-5-9-21-18(15)17/h5-6,9-12,17,19-20H,4,7-8H2,1-3H3. The summed E-state index contributed by atoms with van der Waals surface area (Å²) in [6, 6.07) is 11.5. The lowest BCUT2D eigenvalue weighted by Gasteiger charge is -2.26. The predicted octanol–water partition coefficient (Wildman–Crippen LogP) is 4.08. The van der Waals surface area contributed by atoms with Gasteiger partial charge in [0.1, 0.15) is 0 Å². The highest BCUT2D eigenvalue weighted by molar-refractivity contribution is 5.36. The van der Waals surface area contributed by atoms with E-state index in [4.69, 9.17) is 0 Å². The van der Waals surface area contributed by atoms with Crippen LogP contribution < -0.4 is 5.32 Å². The molecule has 3 rings (SSSR count). The van der Waals surface area contributed by atoms with Gasteiger partial charge in [-0.2, -0.15) is 0 Å². The van der Waals surface area contributed by atoms with E-state index >= 15 is 0 Å². The molecule has 1 N–H and O–H groups in total. The van der Waals surface area contributed by atoms with E-state index in [2.05, 4.69) is 61.4 Å². The van der Waals surface area contributed by atoms with Gasteiger partial charge in [-0.3, -0.25) is 4.98 Å². The van der Waals surface area contributed by atoms with Crippen LogP contribution in [0, 0.1) is 13.8 Å². The number of pyridine rings is 1. The van der Waals surface area contributed by atoms with Crippen LogP contribution >= 0.6 is 0 Å². The third-order valence-electron chi connectivity index (χ3n) is 4.43. The molecule has 0 bridgehead atoms. The van der Waals surface area contributed by atoms with E-state index in [-0.39, 0.29) is 0 Å². The zero-order valence-electron chi connectivity index (χ0n) is 13.2. The van der Waals surface area contributed by atoms with Crippen molar-refractivity contribution in [2.45, 2.75) is 45.6 Å². The first-order valence-corrected chi connectivity index (χ1v) is 7.94. The summed E-state index contributed by atoms with van der Waals surface area (Å²) in [4.78, 5) is 4.67. The Bertz CT molecular complexity index is 613. The van der Waals surface area contributed by atoms with Crippen LogP contribution in [0.2, 0.25) is 0 Å². The van der Waals surface area contributed by atoms with Crippen molar-refractivity contribution in [1.82, 2.24) is 10.3 Å². The number of aryl methyl sites for hydroxylation is 3. The molecule has 2 atom stereocenters. The molecule has 21 heavy (non-hydrogen) atoms. The van der Waals surface area contributed by atoms with E-state index in [1.807, 2.05) is 6.20 Å². The van der Waals surface area contributed by atoms with Gasteiger partial charge in [-0.15, -0.1) is 0 Å². The highest BCUT2D eigenvalue weighted by atomic mass is 14.9. The Balaban J connectivity index is 1.99. The van der Waals surface area contributed by atoms with E-state index in [0.29, 0.717) is 12.0 Å². The number of aromatic nitrogens is 1. The average Bonchev–Trinajstić information content (AvgIpc) is 2.87. The normalized spacial score (nSPS) is 18.5. The second kappa shape index (κ2) is 5.98. The van der Waals surface area contributed by atoms with Crippen molar-refractivity contribution in [3.63, 3.8) is 0 Å². The van der Waals surface area contributed by atoms with Gasteiger partial charge < -0.3 is 5.32 Å². The van der Waals surface area contributed by atoms with E-state index < -0.39 is 0 Å². The number of benzene rings is 1. The van der Waals surface area contributed by atoms with Crippen molar-refractivity contribution in [2.24, 2.45) is 0 Å². The fourth-order valence-electron chi connectivity index (χ4n) is 3.67. The molecule has 2 aromatic rings. The lowest BCUT2D eigenvalue weighted by Crippen LogP contribution is -2.26. The van der Waals surface area contributed by atoms with Crippen LogP contribution in [-0.2, 0) is 6.42 Å². The summed E-state index contributed by atoms with van der Waals surface area (Å²) < 4.78 is 0. The number of likely N-dealkylation sites (N-methyl/N-ethyl adjacent to an activating group) is 1. The van der Waals surface area contributed by atoms with E-state index in [9.17, 15) is 0 Å². The minimum Gasteiger partial charge on any atom is -0.310 e. The zero-order valence-corrected chi connectivity index (χ0v) is 13.2. The van der Waals surface area contributed by atoms with Gasteiger partial charge in [-0.25, -0.2) is 0 Å². The third-order valence-corrected chi connectivity index (χ3v) is 4.43. The van der Waals surface area contributed by atoms with Gasteiger partial charge in [-0.1, -0.05) is 42.3 Å². The second-order valence-corrected chi connectivity index (χ2v) is 6.15. The number of fused-ring (bicyclic) bond motifs is 1. The largest absolute Gasteiger partial charge is 0.310 e. The first kappa shape index (κ1) is 14.3. The quantitative estimate of drug-likeness (QED) is 0.913. The zero-order chi connectivity index (χ0) is 14.8. The summed E-state index contributed by atoms with van der Waals surface area (Å²) in [5.74, 6) is 0.488. The summed E-state index contributed by atoms with van der Waals surface area (Å²) in [6.07, 6.45) is 4.28. The Kier molecular flexibility index (Phi) is 4.07. The van der Waals surface area contributed by atoms with Gasteiger partial charge in [0, 0.05) is 23.9 Å². The van der Waals surface area contributed by atoms with Crippen molar-refractivity contribution in [1.29, 1.82) is 0 Å². The molecule has 110 valence electrons. The van der Waals surface area contributed by atoms with Gasteiger partial charge in [-0.05, 0) is 50.4 Å². The van der Waals surface area contributed by atoms with Gasteiger partial charge in [0.2, 0.25) is 0 Å². The average molecular weight is 280 g/mol. The fourth-order valence-corrected chi connectivity index (χ4v) is 3.67. The molecule has 0 saturated heterocycles. The molecular formula is C19H24N2. The topological polar surface area (TPSA) is 24.9 Å². The van der Waals surface area contributed by atoms with Crippen LogP contribution in [-0.4, -0.2) is 11.5 Å². The summed E-state index contributed by atoms with van der Waals surface area (Å²) in [5, 5.41) is 3.70. The smallest absolute Gasteiger partial charge is 0.0485 e. The fraction of sp³-hybridized carbons (Fsp3) is 0.421. The highest BCUT2D eigenvalue weighted by Gasteiger charge is 2.31. The minimum absolute atomic E-state index is 0.366. The van der Waals surface area contributed by atoms with Crippen LogP contribution in [0.25, 0.3) is 0 Å². The molecule has 0 spiro atoms. The number of nitrogens with zero attached hydrogens (tertiary/aromatic N) is 1. The van der Waals surface area contributed by atoms with Gasteiger partial charge in [0.25, 0.3) is 0 Å². The number of hydrogen-bond acceptors (Lipinski definition) is 2. The lowest BCUT2D eigenvalue weighted by atomic mass is 9.89. The molecule has 2 nitrogen and oxygen atoms in total. The molecule has 0 amide bonds. The first-order valence-electron chi connectivity index (χ1n) is 7.94. The molecule has 1 heterocycles. The summed E-state index contributed by atoms with van der Waals surface area (Å²) in [5.41, 5.74) is 6.80. The van der Waals surface area contributed by atoms with Crippen LogP contribution in [0.5, 0.6) is 0 Å². The van der Waals surface area contributed by atoms with Crippen LogP contribution in [0.15, 0.2) is 36.5 Å². The summed E-state index contributed by atoms with van der Waals surface area (Å²) in [7, 11) is 0. The molecule has 1 aromatic carbocycles. The van der Waals surface area contributed by atoms with Crippen molar-refractivity contribution in [3.8, 4) is 0 Å². The second-order valence-electron chi connectivity index (χ2n) is 6.15. The van der Waals surface area contributed by atoms with E-state index in [1.165, 1.54) is 34.4 Å². The first-order chi connectivity index (χ1) is 10.2. The monoisotopic (exact) mass is 280 g/mol. The molecular weight excluding hydrogens is 256 g/mol. The Morgan fingerprint density at radius 3 is 2.71 bits per heavy atom. The van der Waals surface area contributed by atoms with Gasteiger partial charge in [0.05, 0.1) is 0 Å². The molecule has 1 aliphatic rings. The predicted molar refractivity (Wildman–Crippen MR) is 87.6 cm³/mol. The number of nitrogens with one attached hydrogen (secondary N) is 1. The maximum Gasteiger partial charge on any atom is 0.0485 e. The van der Waals surface area contributed by atoms with Crippen molar-refractivity contribution < 1.29 is 0 Å². The molecule has 0 aliphatic heterocycles. The summed E-state index contributed by atoms with van der Waals surface area (Å²) >= 11 is 0.